The lowest BCUT2D eigenvalue weighted by molar-refractivity contribution is -0.125. The normalized spacial score (nSPS) is 11.3. The van der Waals surface area contributed by atoms with Crippen LogP contribution in [0.2, 0.25) is 0 Å². The lowest BCUT2D eigenvalue weighted by atomic mass is 10.2. The highest BCUT2D eigenvalue weighted by Crippen LogP contribution is 2.28. The summed E-state index contributed by atoms with van der Waals surface area (Å²) < 4.78 is 3.66. The first-order chi connectivity index (χ1) is 14.6. The highest BCUT2D eigenvalue weighted by atomic mass is 32.1. The van der Waals surface area contributed by atoms with E-state index in [0.29, 0.717) is 13.1 Å². The molecule has 0 fully saturated rings. The number of carbonyl (C=O) groups is 1. The zero-order chi connectivity index (χ0) is 20.9. The topological polar surface area (TPSA) is 56.0 Å². The zero-order valence-corrected chi connectivity index (χ0v) is 17.8. The van der Waals surface area contributed by atoms with Crippen LogP contribution in [0.1, 0.15) is 16.7 Å². The molecule has 7 heteroatoms. The van der Waals surface area contributed by atoms with Crippen LogP contribution >= 0.6 is 11.3 Å². The lowest BCUT2D eigenvalue weighted by Gasteiger charge is -2.13. The standard InChI is InChI=1S/C23H23N5OS/c1-26(14-19-13-24-27(2)15-19)22(29)11-10-20-17-28(16-18-7-4-3-5-8-18)25-23(20)21-9-6-12-30-21/h3-13,15,17H,14,16H2,1-2H3/b11-10+. The fourth-order valence-electron chi connectivity index (χ4n) is 3.21. The Labute approximate surface area is 179 Å². The van der Waals surface area contributed by atoms with Gasteiger partial charge in [0, 0.05) is 50.2 Å². The number of aryl methyl sites for hydroxylation is 1. The summed E-state index contributed by atoms with van der Waals surface area (Å²) in [7, 11) is 3.66. The minimum absolute atomic E-state index is 0.0632. The Morgan fingerprint density at radius 2 is 1.97 bits per heavy atom. The number of amides is 1. The summed E-state index contributed by atoms with van der Waals surface area (Å²) in [6.07, 6.45) is 9.14. The van der Waals surface area contributed by atoms with Gasteiger partial charge >= 0.3 is 0 Å². The molecule has 0 aliphatic carbocycles. The molecule has 0 radical (unpaired) electrons. The Balaban J connectivity index is 1.53. The van der Waals surface area contributed by atoms with Crippen molar-refractivity contribution in [2.24, 2.45) is 7.05 Å². The smallest absolute Gasteiger partial charge is 0.246 e. The van der Waals surface area contributed by atoms with E-state index in [1.54, 1.807) is 40.2 Å². The predicted molar refractivity (Wildman–Crippen MR) is 120 cm³/mol. The van der Waals surface area contributed by atoms with Crippen molar-refractivity contribution in [2.75, 3.05) is 7.05 Å². The lowest BCUT2D eigenvalue weighted by Crippen LogP contribution is -2.23. The van der Waals surface area contributed by atoms with E-state index in [1.807, 2.05) is 65.9 Å². The van der Waals surface area contributed by atoms with Crippen molar-refractivity contribution in [1.29, 1.82) is 0 Å². The van der Waals surface area contributed by atoms with Crippen LogP contribution in [0.15, 0.2) is 72.5 Å². The molecule has 6 nitrogen and oxygen atoms in total. The van der Waals surface area contributed by atoms with Crippen LogP contribution < -0.4 is 0 Å². The van der Waals surface area contributed by atoms with Gasteiger partial charge in [-0.2, -0.15) is 10.2 Å². The number of aromatic nitrogens is 4. The maximum Gasteiger partial charge on any atom is 0.246 e. The zero-order valence-electron chi connectivity index (χ0n) is 17.0. The number of hydrogen-bond donors (Lipinski definition) is 0. The summed E-state index contributed by atoms with van der Waals surface area (Å²) in [5.74, 6) is -0.0632. The summed E-state index contributed by atoms with van der Waals surface area (Å²) in [4.78, 5) is 15.4. The molecule has 0 aliphatic rings. The van der Waals surface area contributed by atoms with E-state index < -0.39 is 0 Å². The van der Waals surface area contributed by atoms with E-state index in [1.165, 1.54) is 5.56 Å². The van der Waals surface area contributed by atoms with Gasteiger partial charge in [-0.05, 0) is 23.1 Å². The average Bonchev–Trinajstić information content (AvgIpc) is 3.48. The molecule has 1 aromatic carbocycles. The quantitative estimate of drug-likeness (QED) is 0.426. The second-order valence-electron chi connectivity index (χ2n) is 7.14. The predicted octanol–water partition coefficient (Wildman–Crippen LogP) is 4.07. The number of thiophene rings is 1. The van der Waals surface area contributed by atoms with Crippen molar-refractivity contribution in [2.45, 2.75) is 13.1 Å². The molecule has 0 saturated carbocycles. The molecule has 0 atom stereocenters. The van der Waals surface area contributed by atoms with Crippen molar-refractivity contribution in [3.63, 3.8) is 0 Å². The van der Waals surface area contributed by atoms with Gasteiger partial charge in [-0.25, -0.2) is 0 Å². The number of nitrogens with zero attached hydrogens (tertiary/aromatic N) is 5. The van der Waals surface area contributed by atoms with Gasteiger partial charge in [0.1, 0.15) is 5.69 Å². The molecule has 152 valence electrons. The Kier molecular flexibility index (Phi) is 5.90. The summed E-state index contributed by atoms with van der Waals surface area (Å²) in [6.45, 7) is 1.20. The van der Waals surface area contributed by atoms with E-state index in [-0.39, 0.29) is 5.91 Å². The third kappa shape index (κ3) is 4.75. The van der Waals surface area contributed by atoms with E-state index in [4.69, 9.17) is 5.10 Å². The number of hydrogen-bond acceptors (Lipinski definition) is 4. The van der Waals surface area contributed by atoms with Crippen molar-refractivity contribution in [3.05, 3.63) is 89.2 Å². The van der Waals surface area contributed by atoms with Gasteiger partial charge in [0.15, 0.2) is 0 Å². The Hall–Kier alpha value is -3.45. The molecule has 1 amide bonds. The summed E-state index contributed by atoms with van der Waals surface area (Å²) in [5, 5.41) is 11.0. The van der Waals surface area contributed by atoms with Gasteiger partial charge in [0.25, 0.3) is 0 Å². The third-order valence-electron chi connectivity index (χ3n) is 4.69. The Morgan fingerprint density at radius 3 is 2.67 bits per heavy atom. The molecule has 0 bridgehead atoms. The van der Waals surface area contributed by atoms with E-state index in [2.05, 4.69) is 17.2 Å². The monoisotopic (exact) mass is 417 g/mol. The van der Waals surface area contributed by atoms with Crippen LogP contribution in [0.5, 0.6) is 0 Å². The molecule has 0 saturated heterocycles. The molecule has 3 aromatic heterocycles. The molecule has 4 rings (SSSR count). The fraction of sp³-hybridized carbons (Fsp3) is 0.174. The van der Waals surface area contributed by atoms with E-state index in [9.17, 15) is 4.79 Å². The van der Waals surface area contributed by atoms with Crippen molar-refractivity contribution >= 4 is 23.3 Å². The van der Waals surface area contributed by atoms with Gasteiger partial charge in [0.2, 0.25) is 5.91 Å². The van der Waals surface area contributed by atoms with E-state index >= 15 is 0 Å². The second-order valence-corrected chi connectivity index (χ2v) is 8.09. The highest BCUT2D eigenvalue weighted by molar-refractivity contribution is 7.13. The first-order valence-corrected chi connectivity index (χ1v) is 10.5. The molecule has 0 N–H and O–H groups in total. The molecular weight excluding hydrogens is 394 g/mol. The summed E-state index contributed by atoms with van der Waals surface area (Å²) in [5.41, 5.74) is 3.99. The summed E-state index contributed by atoms with van der Waals surface area (Å²) >= 11 is 1.64. The van der Waals surface area contributed by atoms with Crippen LogP contribution in [0, 0.1) is 0 Å². The van der Waals surface area contributed by atoms with E-state index in [0.717, 1.165) is 21.7 Å². The second kappa shape index (κ2) is 8.92. The van der Waals surface area contributed by atoms with Gasteiger partial charge in [-0.1, -0.05) is 36.4 Å². The molecule has 0 spiro atoms. The maximum absolute atomic E-state index is 12.6. The molecule has 0 unspecified atom stereocenters. The molecule has 4 aromatic rings. The minimum Gasteiger partial charge on any atom is -0.338 e. The van der Waals surface area contributed by atoms with Crippen LogP contribution in [0.3, 0.4) is 0 Å². The minimum atomic E-state index is -0.0632. The Bertz CT molecular complexity index is 1140. The number of carbonyl (C=O) groups excluding carboxylic acids is 1. The van der Waals surface area contributed by atoms with Crippen LogP contribution in [0.25, 0.3) is 16.6 Å². The number of likely N-dealkylation sites (N-methyl/N-ethyl adjacent to an activating group) is 1. The van der Waals surface area contributed by atoms with Crippen molar-refractivity contribution in [3.8, 4) is 10.6 Å². The fourth-order valence-corrected chi connectivity index (χ4v) is 3.94. The third-order valence-corrected chi connectivity index (χ3v) is 5.57. The van der Waals surface area contributed by atoms with Gasteiger partial charge < -0.3 is 4.90 Å². The Morgan fingerprint density at radius 1 is 1.13 bits per heavy atom. The molecular formula is C23H23N5OS. The van der Waals surface area contributed by atoms with Crippen LogP contribution in [-0.2, 0) is 24.9 Å². The molecule has 3 heterocycles. The van der Waals surface area contributed by atoms with Gasteiger partial charge in [-0.15, -0.1) is 11.3 Å². The van der Waals surface area contributed by atoms with Crippen LogP contribution in [-0.4, -0.2) is 37.4 Å². The summed E-state index contributed by atoms with van der Waals surface area (Å²) in [6, 6.07) is 14.3. The van der Waals surface area contributed by atoms with Crippen LogP contribution in [0.4, 0.5) is 0 Å². The maximum atomic E-state index is 12.6. The van der Waals surface area contributed by atoms with Gasteiger partial charge in [0.05, 0.1) is 17.6 Å². The number of rotatable bonds is 7. The SMILES string of the molecule is CN(Cc1cnn(C)c1)C(=O)/C=C/c1cn(Cc2ccccc2)nc1-c1cccs1. The van der Waals surface area contributed by atoms with Crippen molar-refractivity contribution < 1.29 is 4.79 Å². The van der Waals surface area contributed by atoms with Crippen molar-refractivity contribution in [1.82, 2.24) is 24.5 Å². The average molecular weight is 418 g/mol. The first-order valence-electron chi connectivity index (χ1n) is 9.64. The molecule has 0 aliphatic heterocycles. The first kappa shape index (κ1) is 19.8. The largest absolute Gasteiger partial charge is 0.338 e. The highest BCUT2D eigenvalue weighted by Gasteiger charge is 2.12. The molecule has 30 heavy (non-hydrogen) atoms. The van der Waals surface area contributed by atoms with Gasteiger partial charge in [-0.3, -0.25) is 14.2 Å². The number of benzene rings is 1.